The van der Waals surface area contributed by atoms with E-state index in [1.165, 1.54) is 34.5 Å². The predicted octanol–water partition coefficient (Wildman–Crippen LogP) is 1.57. The summed E-state index contributed by atoms with van der Waals surface area (Å²) in [5.41, 5.74) is 1.53. The van der Waals surface area contributed by atoms with Crippen molar-refractivity contribution < 1.29 is 32.2 Å². The van der Waals surface area contributed by atoms with E-state index in [2.05, 4.69) is 10.3 Å². The number of nitrogens with zero attached hydrogens (tertiary/aromatic N) is 5. The zero-order valence-electron chi connectivity index (χ0n) is 20.6. The van der Waals surface area contributed by atoms with Gasteiger partial charge in [-0.2, -0.15) is 4.31 Å². The summed E-state index contributed by atoms with van der Waals surface area (Å²) in [5.74, 6) is -0.250. The third kappa shape index (κ3) is 4.12. The zero-order chi connectivity index (χ0) is 26.4. The summed E-state index contributed by atoms with van der Waals surface area (Å²) in [4.78, 5) is 27.0. The molecule has 1 saturated heterocycles. The van der Waals surface area contributed by atoms with Gasteiger partial charge in [0.05, 0.1) is 41.2 Å². The van der Waals surface area contributed by atoms with Crippen LogP contribution in [-0.4, -0.2) is 78.9 Å². The van der Waals surface area contributed by atoms with Crippen LogP contribution in [0, 0.1) is 0 Å². The fraction of sp³-hybridized carbons (Fsp3) is 0.360. The summed E-state index contributed by atoms with van der Waals surface area (Å²) < 4.78 is 46.0. The first-order chi connectivity index (χ1) is 18.4. The number of rotatable bonds is 7. The molecule has 6 rings (SSSR count). The van der Waals surface area contributed by atoms with Crippen LogP contribution in [0.25, 0.3) is 5.69 Å². The maximum absolute atomic E-state index is 13.3. The highest BCUT2D eigenvalue weighted by atomic mass is 32.2. The van der Waals surface area contributed by atoms with Crippen LogP contribution in [0.4, 0.5) is 5.69 Å². The highest BCUT2D eigenvalue weighted by Crippen LogP contribution is 2.35. The van der Waals surface area contributed by atoms with E-state index < -0.39 is 21.7 Å². The van der Waals surface area contributed by atoms with Crippen LogP contribution < -0.4 is 14.4 Å². The Kier molecular flexibility index (Phi) is 6.13. The molecule has 0 radical (unpaired) electrons. The van der Waals surface area contributed by atoms with Crippen molar-refractivity contribution in [2.45, 2.75) is 30.3 Å². The van der Waals surface area contributed by atoms with Crippen molar-refractivity contribution in [1.82, 2.24) is 19.3 Å². The SMILES string of the molecule is COC[C@@H]1CCCN1S(=O)(=O)c1ccc2c(c1)C(=O)C(=O)N2Cc1cn(-c2ccc3c(c2)OCCO3)nn1. The van der Waals surface area contributed by atoms with Gasteiger partial charge in [-0.25, -0.2) is 13.1 Å². The Balaban J connectivity index is 1.25. The lowest BCUT2D eigenvalue weighted by molar-refractivity contribution is -0.114. The third-order valence-corrected chi connectivity index (χ3v) is 8.83. The zero-order valence-corrected chi connectivity index (χ0v) is 21.4. The number of aromatic nitrogens is 3. The highest BCUT2D eigenvalue weighted by Gasteiger charge is 2.40. The van der Waals surface area contributed by atoms with Gasteiger partial charge >= 0.3 is 0 Å². The van der Waals surface area contributed by atoms with E-state index >= 15 is 0 Å². The summed E-state index contributed by atoms with van der Waals surface area (Å²) >= 11 is 0. The molecule has 1 amide bonds. The molecule has 3 aliphatic heterocycles. The van der Waals surface area contributed by atoms with Crippen LogP contribution in [-0.2, 0) is 26.1 Å². The van der Waals surface area contributed by atoms with E-state index in [4.69, 9.17) is 14.2 Å². The van der Waals surface area contributed by atoms with Gasteiger partial charge in [-0.1, -0.05) is 5.21 Å². The number of sulfonamides is 1. The van der Waals surface area contributed by atoms with Crippen LogP contribution in [0.3, 0.4) is 0 Å². The van der Waals surface area contributed by atoms with Crippen molar-refractivity contribution in [3.63, 3.8) is 0 Å². The van der Waals surface area contributed by atoms with Crippen molar-refractivity contribution in [2.75, 3.05) is 38.4 Å². The van der Waals surface area contributed by atoms with Gasteiger partial charge in [0, 0.05) is 25.8 Å². The van der Waals surface area contributed by atoms with E-state index in [1.807, 2.05) is 6.07 Å². The van der Waals surface area contributed by atoms with Gasteiger partial charge < -0.3 is 14.2 Å². The fourth-order valence-electron chi connectivity index (χ4n) is 5.05. The lowest BCUT2D eigenvalue weighted by Crippen LogP contribution is -2.38. The summed E-state index contributed by atoms with van der Waals surface area (Å²) in [6.45, 7) is 1.62. The van der Waals surface area contributed by atoms with Crippen molar-refractivity contribution >= 4 is 27.4 Å². The number of hydrogen-bond acceptors (Lipinski definition) is 9. The number of benzene rings is 2. The maximum Gasteiger partial charge on any atom is 0.299 e. The van der Waals surface area contributed by atoms with E-state index in [-0.39, 0.29) is 23.0 Å². The van der Waals surface area contributed by atoms with Gasteiger partial charge in [-0.3, -0.25) is 14.5 Å². The normalized spacial score (nSPS) is 19.3. The fourth-order valence-corrected chi connectivity index (χ4v) is 6.76. The molecule has 3 aliphatic rings. The second-order valence-corrected chi connectivity index (χ2v) is 11.1. The molecule has 2 aromatic carbocycles. The minimum absolute atomic E-state index is 0.00371. The van der Waals surface area contributed by atoms with Gasteiger partial charge in [0.2, 0.25) is 10.0 Å². The van der Waals surface area contributed by atoms with Crippen molar-refractivity contribution in [3.05, 3.63) is 53.9 Å². The van der Waals surface area contributed by atoms with Crippen molar-refractivity contribution in [1.29, 1.82) is 0 Å². The summed E-state index contributed by atoms with van der Waals surface area (Å²) in [5, 5.41) is 8.30. The highest BCUT2D eigenvalue weighted by molar-refractivity contribution is 7.89. The minimum Gasteiger partial charge on any atom is -0.486 e. The number of ketones is 1. The number of fused-ring (bicyclic) bond motifs is 2. The molecule has 1 fully saturated rings. The second kappa shape index (κ2) is 9.49. The van der Waals surface area contributed by atoms with Gasteiger partial charge in [-0.05, 0) is 43.2 Å². The van der Waals surface area contributed by atoms with E-state index in [9.17, 15) is 18.0 Å². The van der Waals surface area contributed by atoms with Crippen LogP contribution >= 0.6 is 0 Å². The molecular formula is C25H25N5O7S. The van der Waals surface area contributed by atoms with Crippen LogP contribution in [0.5, 0.6) is 11.5 Å². The molecule has 38 heavy (non-hydrogen) atoms. The molecule has 3 aromatic rings. The molecule has 0 saturated carbocycles. The molecule has 12 nitrogen and oxygen atoms in total. The van der Waals surface area contributed by atoms with E-state index in [1.54, 1.807) is 23.0 Å². The predicted molar refractivity (Wildman–Crippen MR) is 133 cm³/mol. The molecule has 0 spiro atoms. The lowest BCUT2D eigenvalue weighted by atomic mass is 10.1. The average Bonchev–Trinajstić information content (AvgIpc) is 3.65. The Hall–Kier alpha value is -3.81. The largest absolute Gasteiger partial charge is 0.486 e. The minimum atomic E-state index is -3.86. The van der Waals surface area contributed by atoms with Crippen molar-refractivity contribution in [2.24, 2.45) is 0 Å². The van der Waals surface area contributed by atoms with Crippen LogP contribution in [0.15, 0.2) is 47.5 Å². The Morgan fingerprint density at radius 3 is 2.71 bits per heavy atom. The summed E-state index contributed by atoms with van der Waals surface area (Å²) in [6.07, 6.45) is 3.09. The van der Waals surface area contributed by atoms with E-state index in [0.717, 1.165) is 6.42 Å². The van der Waals surface area contributed by atoms with Gasteiger partial charge in [0.15, 0.2) is 11.5 Å². The number of Topliss-reactive ketones (excluding diaryl/α,β-unsaturated/α-hetero) is 1. The van der Waals surface area contributed by atoms with Gasteiger partial charge in [0.1, 0.15) is 18.9 Å². The standard InChI is InChI=1S/C25H25N5O7S/c1-35-15-18-3-2-8-30(18)38(33,34)19-5-6-21-20(12-19)24(31)25(32)28(21)13-16-14-29(27-26-16)17-4-7-22-23(11-17)37-10-9-36-22/h4-7,11-12,14,18H,2-3,8-10,13,15H2,1H3/t18-/m0/s1. The monoisotopic (exact) mass is 539 g/mol. The first kappa shape index (κ1) is 24.5. The summed E-state index contributed by atoms with van der Waals surface area (Å²) in [6, 6.07) is 9.34. The third-order valence-electron chi connectivity index (χ3n) is 6.88. The topological polar surface area (TPSA) is 133 Å². The molecule has 4 heterocycles. The quantitative estimate of drug-likeness (QED) is 0.410. The smallest absolute Gasteiger partial charge is 0.299 e. The first-order valence-electron chi connectivity index (χ1n) is 12.2. The Morgan fingerprint density at radius 1 is 1.08 bits per heavy atom. The molecule has 0 N–H and O–H groups in total. The molecule has 1 aromatic heterocycles. The number of carbonyl (C=O) groups excluding carboxylic acids is 2. The maximum atomic E-state index is 13.3. The molecule has 1 atom stereocenters. The molecule has 198 valence electrons. The number of amides is 1. The Bertz CT molecular complexity index is 1540. The van der Waals surface area contributed by atoms with Crippen molar-refractivity contribution in [3.8, 4) is 17.2 Å². The van der Waals surface area contributed by atoms with Gasteiger partial charge in [0.25, 0.3) is 11.7 Å². The van der Waals surface area contributed by atoms with E-state index in [0.29, 0.717) is 61.4 Å². The van der Waals surface area contributed by atoms with Crippen LogP contribution in [0.1, 0.15) is 28.9 Å². The number of ether oxygens (including phenoxy) is 3. The second-order valence-electron chi connectivity index (χ2n) is 9.25. The molecule has 0 aliphatic carbocycles. The average molecular weight is 540 g/mol. The number of hydrogen-bond donors (Lipinski definition) is 0. The Labute approximate surface area is 218 Å². The van der Waals surface area contributed by atoms with Gasteiger partial charge in [-0.15, -0.1) is 5.10 Å². The molecule has 13 heteroatoms. The molecule has 0 unspecified atom stereocenters. The Morgan fingerprint density at radius 2 is 1.89 bits per heavy atom. The summed E-state index contributed by atoms with van der Waals surface area (Å²) in [7, 11) is -2.32. The number of methoxy groups -OCH3 is 1. The molecular weight excluding hydrogens is 514 g/mol. The first-order valence-corrected chi connectivity index (χ1v) is 13.6. The van der Waals surface area contributed by atoms with Crippen LogP contribution in [0.2, 0.25) is 0 Å². The number of anilines is 1. The lowest BCUT2D eigenvalue weighted by Gasteiger charge is -2.23. The number of carbonyl (C=O) groups is 2. The molecule has 0 bridgehead atoms.